The number of likely N-dealkylation sites (tertiary alicyclic amines) is 2. The second kappa shape index (κ2) is 6.14. The summed E-state index contributed by atoms with van der Waals surface area (Å²) in [4.78, 5) is 21.4. The molecule has 0 aromatic carbocycles. The number of rotatable bonds is 3. The Balaban J connectivity index is 1.48. The molecule has 2 aliphatic heterocycles. The summed E-state index contributed by atoms with van der Waals surface area (Å²) in [7, 11) is 0. The molecule has 0 atom stereocenters. The van der Waals surface area contributed by atoms with Gasteiger partial charge >= 0.3 is 0 Å². The van der Waals surface area contributed by atoms with Crippen LogP contribution in [0.25, 0.3) is 0 Å². The molecule has 0 radical (unpaired) electrons. The van der Waals surface area contributed by atoms with Gasteiger partial charge in [0.2, 0.25) is 5.91 Å². The van der Waals surface area contributed by atoms with E-state index >= 15 is 0 Å². The van der Waals surface area contributed by atoms with Crippen molar-refractivity contribution in [3.63, 3.8) is 0 Å². The third kappa shape index (κ3) is 3.10. The van der Waals surface area contributed by atoms with Gasteiger partial charge in [-0.1, -0.05) is 6.07 Å². The minimum Gasteiger partial charge on any atom is -0.341 e. The normalized spacial score (nSPS) is 21.6. The molecule has 0 bridgehead atoms. The third-order valence-corrected chi connectivity index (χ3v) is 4.91. The highest BCUT2D eigenvalue weighted by molar-refractivity contribution is 5.80. The Labute approximate surface area is 127 Å². The highest BCUT2D eigenvalue weighted by atomic mass is 16.2. The number of hydrogen-bond acceptors (Lipinski definition) is 3. The van der Waals surface area contributed by atoms with Gasteiger partial charge in [0.05, 0.1) is 0 Å². The lowest BCUT2D eigenvalue weighted by Gasteiger charge is -2.42. The van der Waals surface area contributed by atoms with Gasteiger partial charge in [-0.05, 0) is 51.9 Å². The van der Waals surface area contributed by atoms with E-state index in [4.69, 9.17) is 0 Å². The summed E-state index contributed by atoms with van der Waals surface area (Å²) < 4.78 is 0. The number of carbonyl (C=O) groups is 1. The Morgan fingerprint density at radius 2 is 1.95 bits per heavy atom. The van der Waals surface area contributed by atoms with Crippen LogP contribution in [0.5, 0.6) is 0 Å². The molecular formula is C17H25N3O. The summed E-state index contributed by atoms with van der Waals surface area (Å²) in [5.41, 5.74) is 1.12. The molecule has 0 spiro atoms. The lowest BCUT2D eigenvalue weighted by atomic mass is 9.90. The van der Waals surface area contributed by atoms with Crippen LogP contribution in [-0.2, 0) is 4.79 Å². The number of nitrogens with zero attached hydrogens (tertiary/aromatic N) is 3. The molecule has 114 valence electrons. The zero-order chi connectivity index (χ0) is 14.8. The van der Waals surface area contributed by atoms with Crippen molar-refractivity contribution >= 4 is 5.91 Å². The van der Waals surface area contributed by atoms with Gasteiger partial charge in [-0.3, -0.25) is 9.78 Å². The topological polar surface area (TPSA) is 36.4 Å². The standard InChI is InChI=1S/C17H25N3O/c1-13(2)19-9-6-14(7-10-19)17(21)20-11-15(12-20)16-5-3-4-8-18-16/h3-5,8,13-15H,6-7,9-12H2,1-2H3. The molecule has 2 aliphatic rings. The molecule has 2 fully saturated rings. The fourth-order valence-electron chi connectivity index (χ4n) is 3.38. The van der Waals surface area contributed by atoms with Crippen LogP contribution in [0.2, 0.25) is 0 Å². The Kier molecular flexibility index (Phi) is 4.24. The van der Waals surface area contributed by atoms with E-state index < -0.39 is 0 Å². The maximum atomic E-state index is 12.5. The van der Waals surface area contributed by atoms with Crippen molar-refractivity contribution in [3.05, 3.63) is 30.1 Å². The van der Waals surface area contributed by atoms with Crippen LogP contribution in [0.3, 0.4) is 0 Å². The maximum Gasteiger partial charge on any atom is 0.225 e. The summed E-state index contributed by atoms with van der Waals surface area (Å²) in [6, 6.07) is 6.62. The van der Waals surface area contributed by atoms with Gasteiger partial charge in [-0.15, -0.1) is 0 Å². The zero-order valence-electron chi connectivity index (χ0n) is 13.0. The first-order chi connectivity index (χ1) is 10.1. The average molecular weight is 287 g/mol. The molecule has 4 nitrogen and oxygen atoms in total. The molecule has 3 heterocycles. The van der Waals surface area contributed by atoms with Gasteiger partial charge in [0.25, 0.3) is 0 Å². The summed E-state index contributed by atoms with van der Waals surface area (Å²) in [6.07, 6.45) is 3.87. The summed E-state index contributed by atoms with van der Waals surface area (Å²) in [6.45, 7) is 8.28. The first-order valence-corrected chi connectivity index (χ1v) is 8.09. The lowest BCUT2D eigenvalue weighted by molar-refractivity contribution is -0.141. The van der Waals surface area contributed by atoms with Gasteiger partial charge in [-0.25, -0.2) is 0 Å². The Morgan fingerprint density at radius 1 is 1.24 bits per heavy atom. The first kappa shape index (κ1) is 14.5. The van der Waals surface area contributed by atoms with Gasteiger partial charge in [-0.2, -0.15) is 0 Å². The van der Waals surface area contributed by atoms with Crippen LogP contribution in [0.15, 0.2) is 24.4 Å². The molecule has 1 aromatic rings. The monoisotopic (exact) mass is 287 g/mol. The second-order valence-electron chi connectivity index (χ2n) is 6.60. The smallest absolute Gasteiger partial charge is 0.225 e. The quantitative estimate of drug-likeness (QED) is 0.854. The van der Waals surface area contributed by atoms with Crippen LogP contribution in [0.1, 0.15) is 38.3 Å². The third-order valence-electron chi connectivity index (χ3n) is 4.91. The van der Waals surface area contributed by atoms with E-state index in [2.05, 4.69) is 29.8 Å². The predicted molar refractivity (Wildman–Crippen MR) is 83.0 cm³/mol. The number of amides is 1. The first-order valence-electron chi connectivity index (χ1n) is 8.09. The van der Waals surface area contributed by atoms with E-state index in [1.165, 1.54) is 0 Å². The van der Waals surface area contributed by atoms with E-state index in [0.29, 0.717) is 17.9 Å². The van der Waals surface area contributed by atoms with Crippen LogP contribution in [-0.4, -0.2) is 52.9 Å². The van der Waals surface area contributed by atoms with Crippen LogP contribution < -0.4 is 0 Å². The minimum absolute atomic E-state index is 0.240. The molecule has 2 saturated heterocycles. The molecule has 21 heavy (non-hydrogen) atoms. The minimum atomic E-state index is 0.240. The predicted octanol–water partition coefficient (Wildman–Crippen LogP) is 2.13. The SMILES string of the molecule is CC(C)N1CCC(C(=O)N2CC(c3ccccn3)C2)CC1. The molecule has 1 aromatic heterocycles. The lowest BCUT2D eigenvalue weighted by Crippen LogP contribution is -2.52. The van der Waals surface area contributed by atoms with E-state index in [1.807, 2.05) is 23.2 Å². The number of aromatic nitrogens is 1. The maximum absolute atomic E-state index is 12.5. The number of pyridine rings is 1. The van der Waals surface area contributed by atoms with Crippen LogP contribution in [0.4, 0.5) is 0 Å². The number of carbonyl (C=O) groups excluding carboxylic acids is 1. The molecule has 0 unspecified atom stereocenters. The van der Waals surface area contributed by atoms with Gasteiger partial charge < -0.3 is 9.80 Å². The van der Waals surface area contributed by atoms with E-state index in [0.717, 1.165) is 44.7 Å². The summed E-state index contributed by atoms with van der Waals surface area (Å²) in [5.74, 6) is 1.04. The molecule has 4 heteroatoms. The van der Waals surface area contributed by atoms with Crippen molar-refractivity contribution in [1.29, 1.82) is 0 Å². The fourth-order valence-corrected chi connectivity index (χ4v) is 3.38. The fraction of sp³-hybridized carbons (Fsp3) is 0.647. The van der Waals surface area contributed by atoms with Crippen molar-refractivity contribution in [3.8, 4) is 0 Å². The Morgan fingerprint density at radius 3 is 2.52 bits per heavy atom. The highest BCUT2D eigenvalue weighted by Gasteiger charge is 2.36. The number of piperidine rings is 1. The van der Waals surface area contributed by atoms with Crippen molar-refractivity contribution < 1.29 is 4.79 Å². The van der Waals surface area contributed by atoms with Crippen molar-refractivity contribution in [2.75, 3.05) is 26.2 Å². The van der Waals surface area contributed by atoms with Crippen LogP contribution in [0, 0.1) is 5.92 Å². The second-order valence-corrected chi connectivity index (χ2v) is 6.60. The van der Waals surface area contributed by atoms with Gasteiger partial charge in [0.1, 0.15) is 0 Å². The van der Waals surface area contributed by atoms with Gasteiger partial charge in [0.15, 0.2) is 0 Å². The Hall–Kier alpha value is -1.42. The molecular weight excluding hydrogens is 262 g/mol. The van der Waals surface area contributed by atoms with E-state index in [-0.39, 0.29) is 5.92 Å². The summed E-state index contributed by atoms with van der Waals surface area (Å²) in [5, 5.41) is 0. The Bertz CT molecular complexity index is 474. The molecule has 0 saturated carbocycles. The van der Waals surface area contributed by atoms with Crippen molar-refractivity contribution in [2.45, 2.75) is 38.6 Å². The van der Waals surface area contributed by atoms with Crippen molar-refractivity contribution in [2.24, 2.45) is 5.92 Å². The molecule has 1 amide bonds. The zero-order valence-corrected chi connectivity index (χ0v) is 13.0. The highest BCUT2D eigenvalue weighted by Crippen LogP contribution is 2.29. The van der Waals surface area contributed by atoms with Crippen LogP contribution >= 0.6 is 0 Å². The molecule has 0 aliphatic carbocycles. The molecule has 3 rings (SSSR count). The largest absolute Gasteiger partial charge is 0.341 e. The van der Waals surface area contributed by atoms with Crippen molar-refractivity contribution in [1.82, 2.24) is 14.8 Å². The average Bonchev–Trinajstić information content (AvgIpc) is 2.47. The number of hydrogen-bond donors (Lipinski definition) is 0. The van der Waals surface area contributed by atoms with E-state index in [1.54, 1.807) is 0 Å². The van der Waals surface area contributed by atoms with E-state index in [9.17, 15) is 4.79 Å². The summed E-state index contributed by atoms with van der Waals surface area (Å²) >= 11 is 0. The van der Waals surface area contributed by atoms with Gasteiger partial charge in [0, 0.05) is 42.9 Å². The molecule has 0 N–H and O–H groups in total.